The zero-order chi connectivity index (χ0) is 28.0. The van der Waals surface area contributed by atoms with Crippen molar-refractivity contribution in [3.8, 4) is 17.3 Å². The molecule has 0 fully saturated rings. The number of methoxy groups -OCH3 is 1. The number of carbonyl (C=O) groups is 1. The fraction of sp³-hybridized carbons (Fsp3) is 0.233. The van der Waals surface area contributed by atoms with Crippen molar-refractivity contribution in [2.24, 2.45) is 0 Å². The third-order valence-corrected chi connectivity index (χ3v) is 7.55. The fourth-order valence-corrected chi connectivity index (χ4v) is 5.52. The Balaban J connectivity index is 1.41. The minimum Gasteiger partial charge on any atom is -0.497 e. The minimum atomic E-state index is -0.903. The summed E-state index contributed by atoms with van der Waals surface area (Å²) in [6.07, 6.45) is 2.12. The third kappa shape index (κ3) is 4.36. The van der Waals surface area contributed by atoms with Gasteiger partial charge in [0.15, 0.2) is 11.5 Å². The lowest BCUT2D eigenvalue weighted by atomic mass is 9.88. The third-order valence-electron chi connectivity index (χ3n) is 7.28. The maximum Gasteiger partial charge on any atom is 0.238 e. The van der Waals surface area contributed by atoms with Crippen LogP contribution in [0.2, 0.25) is 5.15 Å². The van der Waals surface area contributed by atoms with Gasteiger partial charge in [0.1, 0.15) is 28.2 Å². The highest BCUT2D eigenvalue weighted by Crippen LogP contribution is 2.45. The standard InChI is InChI=1S/C30H26ClFN6O2/c1-30(2)23-25(31)34-26(35-28(23)37(29(30)39)17-18-10-12-20(40-3)13-11-18)24-21-8-6-15-33-27(21)38(36-24)16-14-19-7-4-5-9-22(19)32/h4-13,15H,14,16-17H2,1-3H3. The Bertz CT molecular complexity index is 1750. The molecule has 8 nitrogen and oxygen atoms in total. The van der Waals surface area contributed by atoms with Crippen LogP contribution in [0, 0.1) is 5.82 Å². The summed E-state index contributed by atoms with van der Waals surface area (Å²) in [7, 11) is 1.61. The molecule has 5 aromatic rings. The number of hydrogen-bond donors (Lipinski definition) is 0. The summed E-state index contributed by atoms with van der Waals surface area (Å²) in [6, 6.07) is 17.9. The van der Waals surface area contributed by atoms with E-state index in [0.29, 0.717) is 47.8 Å². The van der Waals surface area contributed by atoms with Crippen molar-refractivity contribution in [3.05, 3.63) is 94.5 Å². The van der Waals surface area contributed by atoms with Crippen LogP contribution in [0.5, 0.6) is 5.75 Å². The number of carbonyl (C=O) groups excluding carboxylic acids is 1. The Morgan fingerprint density at radius 2 is 1.80 bits per heavy atom. The normalized spacial score (nSPS) is 14.1. The summed E-state index contributed by atoms with van der Waals surface area (Å²) >= 11 is 6.76. The number of aryl methyl sites for hydroxylation is 2. The molecule has 10 heteroatoms. The Kier molecular flexibility index (Phi) is 6.46. The van der Waals surface area contributed by atoms with Crippen molar-refractivity contribution in [1.29, 1.82) is 0 Å². The predicted molar refractivity (Wildman–Crippen MR) is 151 cm³/mol. The first-order valence-corrected chi connectivity index (χ1v) is 13.2. The number of ether oxygens (including phenoxy) is 1. The van der Waals surface area contributed by atoms with Gasteiger partial charge >= 0.3 is 0 Å². The summed E-state index contributed by atoms with van der Waals surface area (Å²) in [5.74, 6) is 1.10. The molecule has 1 aliphatic rings. The molecule has 0 radical (unpaired) electrons. The average molecular weight is 557 g/mol. The topological polar surface area (TPSA) is 86.0 Å². The highest BCUT2D eigenvalue weighted by atomic mass is 35.5. The number of benzene rings is 2. The van der Waals surface area contributed by atoms with Gasteiger partial charge < -0.3 is 4.74 Å². The molecule has 0 N–H and O–H groups in total. The molecular weight excluding hydrogens is 531 g/mol. The van der Waals surface area contributed by atoms with Crippen molar-refractivity contribution in [1.82, 2.24) is 24.7 Å². The van der Waals surface area contributed by atoms with Gasteiger partial charge in [-0.2, -0.15) is 5.10 Å². The molecule has 4 heterocycles. The van der Waals surface area contributed by atoms with Crippen LogP contribution in [-0.4, -0.2) is 37.7 Å². The second kappa shape index (κ2) is 9.98. The summed E-state index contributed by atoms with van der Waals surface area (Å²) in [6.45, 7) is 4.37. The van der Waals surface area contributed by atoms with E-state index in [1.54, 1.807) is 35.0 Å². The van der Waals surface area contributed by atoms with Gasteiger partial charge in [0, 0.05) is 18.3 Å². The number of rotatable bonds is 7. The second-order valence-electron chi connectivity index (χ2n) is 10.2. The van der Waals surface area contributed by atoms with E-state index in [2.05, 4.69) is 9.97 Å². The van der Waals surface area contributed by atoms with Crippen molar-refractivity contribution in [2.45, 2.75) is 38.8 Å². The van der Waals surface area contributed by atoms with Crippen LogP contribution >= 0.6 is 11.6 Å². The lowest BCUT2D eigenvalue weighted by Gasteiger charge is -2.20. The van der Waals surface area contributed by atoms with E-state index in [1.165, 1.54) is 6.07 Å². The number of nitrogens with zero attached hydrogens (tertiary/aromatic N) is 6. The number of hydrogen-bond acceptors (Lipinski definition) is 6. The van der Waals surface area contributed by atoms with Gasteiger partial charge in [-0.15, -0.1) is 0 Å². The first kappa shape index (κ1) is 25.9. The first-order chi connectivity index (χ1) is 19.3. The number of anilines is 1. The SMILES string of the molecule is COc1ccc(CN2C(=O)C(C)(C)c3c(Cl)nc(-c4nn(CCc5ccccc5F)c5ncccc45)nc32)cc1. The number of aromatic nitrogens is 5. The van der Waals surface area contributed by atoms with E-state index in [9.17, 15) is 9.18 Å². The average Bonchev–Trinajstić information content (AvgIpc) is 3.41. The van der Waals surface area contributed by atoms with E-state index < -0.39 is 5.41 Å². The van der Waals surface area contributed by atoms with Gasteiger partial charge in [-0.1, -0.05) is 41.9 Å². The summed E-state index contributed by atoms with van der Waals surface area (Å²) < 4.78 is 21.2. The highest BCUT2D eigenvalue weighted by molar-refractivity contribution is 6.32. The molecule has 40 heavy (non-hydrogen) atoms. The fourth-order valence-electron chi connectivity index (χ4n) is 5.12. The lowest BCUT2D eigenvalue weighted by Crippen LogP contribution is -2.36. The van der Waals surface area contributed by atoms with E-state index in [1.807, 2.05) is 56.3 Å². The van der Waals surface area contributed by atoms with Crippen LogP contribution in [0.4, 0.5) is 10.2 Å². The van der Waals surface area contributed by atoms with Crippen molar-refractivity contribution in [2.75, 3.05) is 12.0 Å². The zero-order valence-electron chi connectivity index (χ0n) is 22.2. The van der Waals surface area contributed by atoms with Gasteiger partial charge in [0.2, 0.25) is 5.91 Å². The number of fused-ring (bicyclic) bond motifs is 2. The molecule has 0 unspecified atom stereocenters. The van der Waals surface area contributed by atoms with E-state index in [4.69, 9.17) is 26.4 Å². The van der Waals surface area contributed by atoms with Crippen LogP contribution in [0.15, 0.2) is 66.9 Å². The van der Waals surface area contributed by atoms with Gasteiger partial charge in [0.25, 0.3) is 0 Å². The monoisotopic (exact) mass is 556 g/mol. The van der Waals surface area contributed by atoms with Gasteiger partial charge in [0.05, 0.1) is 24.5 Å². The van der Waals surface area contributed by atoms with E-state index in [-0.39, 0.29) is 22.7 Å². The molecular formula is C30H26ClFN6O2. The Hall–Kier alpha value is -4.37. The maximum absolute atomic E-state index is 14.3. The molecule has 202 valence electrons. The quantitative estimate of drug-likeness (QED) is 0.237. The zero-order valence-corrected chi connectivity index (χ0v) is 23.0. The van der Waals surface area contributed by atoms with Crippen molar-refractivity contribution >= 4 is 34.4 Å². The molecule has 0 saturated carbocycles. The van der Waals surface area contributed by atoms with Gasteiger partial charge in [-0.05, 0) is 61.7 Å². The van der Waals surface area contributed by atoms with Crippen LogP contribution in [-0.2, 0) is 29.7 Å². The number of halogens is 2. The molecule has 0 aliphatic carbocycles. The van der Waals surface area contributed by atoms with Crippen LogP contribution in [0.1, 0.15) is 30.5 Å². The van der Waals surface area contributed by atoms with Crippen LogP contribution in [0.25, 0.3) is 22.6 Å². The predicted octanol–water partition coefficient (Wildman–Crippen LogP) is 5.76. The molecule has 1 amide bonds. The summed E-state index contributed by atoms with van der Waals surface area (Å²) in [4.78, 5) is 29.2. The number of pyridine rings is 1. The molecule has 3 aromatic heterocycles. The van der Waals surface area contributed by atoms with Crippen LogP contribution in [0.3, 0.4) is 0 Å². The smallest absolute Gasteiger partial charge is 0.238 e. The summed E-state index contributed by atoms with van der Waals surface area (Å²) in [5.41, 5.74) is 2.30. The molecule has 0 spiro atoms. The molecule has 0 atom stereocenters. The van der Waals surface area contributed by atoms with Crippen molar-refractivity contribution in [3.63, 3.8) is 0 Å². The molecule has 1 aliphatic heterocycles. The second-order valence-corrected chi connectivity index (χ2v) is 10.5. The molecule has 2 aromatic carbocycles. The number of amides is 1. The lowest BCUT2D eigenvalue weighted by molar-refractivity contribution is -0.122. The molecule has 6 rings (SSSR count). The van der Waals surface area contributed by atoms with Crippen molar-refractivity contribution < 1.29 is 13.9 Å². The Morgan fingerprint density at radius 1 is 1.02 bits per heavy atom. The summed E-state index contributed by atoms with van der Waals surface area (Å²) in [5, 5.41) is 5.72. The van der Waals surface area contributed by atoms with Crippen LogP contribution < -0.4 is 9.64 Å². The molecule has 0 bridgehead atoms. The van der Waals surface area contributed by atoms with E-state index >= 15 is 0 Å². The largest absolute Gasteiger partial charge is 0.497 e. The van der Waals surface area contributed by atoms with Gasteiger partial charge in [-0.3, -0.25) is 9.69 Å². The maximum atomic E-state index is 14.3. The highest BCUT2D eigenvalue weighted by Gasteiger charge is 2.47. The van der Waals surface area contributed by atoms with E-state index in [0.717, 1.165) is 16.7 Å². The molecule has 0 saturated heterocycles. The van der Waals surface area contributed by atoms with Gasteiger partial charge in [-0.25, -0.2) is 24.0 Å². The minimum absolute atomic E-state index is 0.117. The first-order valence-electron chi connectivity index (χ1n) is 12.9. The Morgan fingerprint density at radius 3 is 2.55 bits per heavy atom. The Labute approximate surface area is 235 Å².